The summed E-state index contributed by atoms with van der Waals surface area (Å²) < 4.78 is 12.9. The first-order valence-corrected chi connectivity index (χ1v) is 8.58. The van der Waals surface area contributed by atoms with Gasteiger partial charge in [0.15, 0.2) is 5.78 Å². The molecule has 0 saturated carbocycles. The van der Waals surface area contributed by atoms with Crippen molar-refractivity contribution >= 4 is 35.1 Å². The zero-order valence-corrected chi connectivity index (χ0v) is 15.7. The van der Waals surface area contributed by atoms with Gasteiger partial charge in [0.05, 0.1) is 16.8 Å². The van der Waals surface area contributed by atoms with Gasteiger partial charge in [-0.3, -0.25) is 9.48 Å². The molecule has 0 radical (unpaired) electrons. The van der Waals surface area contributed by atoms with Gasteiger partial charge in [-0.25, -0.2) is 0 Å². The van der Waals surface area contributed by atoms with Gasteiger partial charge in [-0.1, -0.05) is 29.3 Å². The van der Waals surface area contributed by atoms with E-state index in [4.69, 9.17) is 32.4 Å². The number of carbonyl (C=O) groups excluding carboxylic acids is 1. The van der Waals surface area contributed by atoms with E-state index in [1.54, 1.807) is 54.3 Å². The number of halogens is 2. The summed E-state index contributed by atoms with van der Waals surface area (Å²) in [6.07, 6.45) is 4.63. The van der Waals surface area contributed by atoms with Gasteiger partial charge in [0.2, 0.25) is 0 Å². The molecule has 3 aromatic rings. The smallest absolute Gasteiger partial charge is 0.189 e. The number of hydrogen-bond acceptors (Lipinski definition) is 4. The predicted octanol–water partition coefficient (Wildman–Crippen LogP) is 5.10. The Morgan fingerprint density at radius 2 is 2.12 bits per heavy atom. The summed E-state index contributed by atoms with van der Waals surface area (Å²) in [4.78, 5) is 12.2. The summed E-state index contributed by atoms with van der Waals surface area (Å²) in [5.74, 6) is 1.51. The van der Waals surface area contributed by atoms with E-state index in [0.29, 0.717) is 32.9 Å². The van der Waals surface area contributed by atoms with Crippen LogP contribution in [0.1, 0.15) is 27.6 Å². The van der Waals surface area contributed by atoms with Gasteiger partial charge in [-0.2, -0.15) is 5.10 Å². The predicted molar refractivity (Wildman–Crippen MR) is 101 cm³/mol. The number of furan rings is 1. The molecule has 0 spiro atoms. The quantitative estimate of drug-likeness (QED) is 0.433. The highest BCUT2D eigenvalue weighted by Crippen LogP contribution is 2.32. The van der Waals surface area contributed by atoms with Crippen LogP contribution in [0, 0.1) is 6.92 Å². The summed E-state index contributed by atoms with van der Waals surface area (Å²) in [7, 11) is 1.79. The molecule has 0 bridgehead atoms. The van der Waals surface area contributed by atoms with Gasteiger partial charge in [0.1, 0.15) is 28.9 Å². The number of carbonyl (C=O) groups is 1. The van der Waals surface area contributed by atoms with Gasteiger partial charge in [-0.05, 0) is 43.3 Å². The lowest BCUT2D eigenvalue weighted by Gasteiger charge is -2.06. The Hall–Kier alpha value is -2.50. The van der Waals surface area contributed by atoms with E-state index in [0.717, 1.165) is 5.69 Å². The van der Waals surface area contributed by atoms with Crippen molar-refractivity contribution in [2.24, 2.45) is 7.05 Å². The topological polar surface area (TPSA) is 57.3 Å². The average molecular weight is 391 g/mol. The van der Waals surface area contributed by atoms with Crippen molar-refractivity contribution in [2.75, 3.05) is 0 Å². The third kappa shape index (κ3) is 4.00. The lowest BCUT2D eigenvalue weighted by atomic mass is 10.1. The minimum Gasteiger partial charge on any atom is -0.484 e. The van der Waals surface area contributed by atoms with Crippen molar-refractivity contribution in [1.29, 1.82) is 0 Å². The number of ketones is 1. The van der Waals surface area contributed by atoms with Gasteiger partial charge in [0.25, 0.3) is 0 Å². The van der Waals surface area contributed by atoms with Crippen molar-refractivity contribution in [2.45, 2.75) is 13.5 Å². The maximum Gasteiger partial charge on any atom is 0.189 e. The van der Waals surface area contributed by atoms with E-state index in [9.17, 15) is 4.79 Å². The first-order valence-electron chi connectivity index (χ1n) is 7.82. The van der Waals surface area contributed by atoms with Crippen LogP contribution in [0.15, 0.2) is 47.0 Å². The van der Waals surface area contributed by atoms with Crippen LogP contribution in [0.25, 0.3) is 6.08 Å². The molecule has 2 aromatic heterocycles. The Morgan fingerprint density at radius 1 is 1.31 bits per heavy atom. The standard InChI is InChI=1S/C19H16Cl2N2O3/c1-12-15(10-22-23(12)2)17(24)9-8-13-6-7-14(26-13)11-25-18-5-3-4-16(20)19(18)21/h3-10H,11H2,1-2H3. The Labute approximate surface area is 160 Å². The molecule has 3 rings (SSSR count). The molecule has 0 unspecified atom stereocenters. The molecule has 7 heteroatoms. The summed E-state index contributed by atoms with van der Waals surface area (Å²) in [5.41, 5.74) is 1.38. The summed E-state index contributed by atoms with van der Waals surface area (Å²) in [5, 5.41) is 4.85. The maximum atomic E-state index is 12.2. The lowest BCUT2D eigenvalue weighted by molar-refractivity contribution is 0.104. The Kier molecular flexibility index (Phi) is 5.49. The van der Waals surface area contributed by atoms with E-state index >= 15 is 0 Å². The molecule has 0 fully saturated rings. The monoisotopic (exact) mass is 390 g/mol. The van der Waals surface area contributed by atoms with Gasteiger partial charge >= 0.3 is 0 Å². The highest BCUT2D eigenvalue weighted by atomic mass is 35.5. The molecule has 2 heterocycles. The number of nitrogens with zero attached hydrogens (tertiary/aromatic N) is 2. The Morgan fingerprint density at radius 3 is 2.85 bits per heavy atom. The second-order valence-corrected chi connectivity index (χ2v) is 6.39. The molecule has 5 nitrogen and oxygen atoms in total. The fourth-order valence-corrected chi connectivity index (χ4v) is 2.64. The number of aromatic nitrogens is 2. The van der Waals surface area contributed by atoms with Crippen molar-refractivity contribution in [3.05, 3.63) is 75.4 Å². The molecular weight excluding hydrogens is 375 g/mol. The second-order valence-electron chi connectivity index (χ2n) is 5.61. The largest absolute Gasteiger partial charge is 0.484 e. The van der Waals surface area contributed by atoms with E-state index in [2.05, 4.69) is 5.10 Å². The van der Waals surface area contributed by atoms with Gasteiger partial charge in [0, 0.05) is 12.7 Å². The molecule has 0 N–H and O–H groups in total. The molecule has 0 aliphatic heterocycles. The summed E-state index contributed by atoms with van der Waals surface area (Å²) in [6, 6.07) is 8.71. The van der Waals surface area contributed by atoms with Crippen LogP contribution in [0.2, 0.25) is 10.0 Å². The first kappa shape index (κ1) is 18.3. The number of aryl methyl sites for hydroxylation is 1. The van der Waals surface area contributed by atoms with Crippen LogP contribution >= 0.6 is 23.2 Å². The zero-order chi connectivity index (χ0) is 18.7. The van der Waals surface area contributed by atoms with E-state index < -0.39 is 0 Å². The molecular formula is C19H16Cl2N2O3. The van der Waals surface area contributed by atoms with Crippen molar-refractivity contribution in [1.82, 2.24) is 9.78 Å². The molecule has 134 valence electrons. The highest BCUT2D eigenvalue weighted by molar-refractivity contribution is 6.42. The average Bonchev–Trinajstić information content (AvgIpc) is 3.21. The molecule has 0 amide bonds. The summed E-state index contributed by atoms with van der Waals surface area (Å²) >= 11 is 12.0. The van der Waals surface area contributed by atoms with Gasteiger partial charge < -0.3 is 9.15 Å². The minimum atomic E-state index is -0.129. The minimum absolute atomic E-state index is 0.129. The fraction of sp³-hybridized carbons (Fsp3) is 0.158. The first-order chi connectivity index (χ1) is 12.5. The highest BCUT2D eigenvalue weighted by Gasteiger charge is 2.10. The van der Waals surface area contributed by atoms with Crippen molar-refractivity contribution in [3.63, 3.8) is 0 Å². The number of allylic oxidation sites excluding steroid dienone is 1. The third-order valence-corrected chi connectivity index (χ3v) is 4.67. The van der Waals surface area contributed by atoms with E-state index in [-0.39, 0.29) is 12.4 Å². The number of benzene rings is 1. The van der Waals surface area contributed by atoms with Crippen LogP contribution < -0.4 is 4.74 Å². The molecule has 1 aromatic carbocycles. The van der Waals surface area contributed by atoms with E-state index in [1.807, 2.05) is 6.92 Å². The zero-order valence-electron chi connectivity index (χ0n) is 14.2. The molecule has 0 aliphatic carbocycles. The van der Waals surface area contributed by atoms with Crippen LogP contribution in [0.4, 0.5) is 0 Å². The molecule has 26 heavy (non-hydrogen) atoms. The van der Waals surface area contributed by atoms with Crippen LogP contribution in [-0.4, -0.2) is 15.6 Å². The summed E-state index contributed by atoms with van der Waals surface area (Å²) in [6.45, 7) is 2.04. The van der Waals surface area contributed by atoms with E-state index in [1.165, 1.54) is 6.08 Å². The van der Waals surface area contributed by atoms with Crippen LogP contribution in [0.3, 0.4) is 0 Å². The Balaban J connectivity index is 1.63. The van der Waals surface area contributed by atoms with Crippen LogP contribution in [-0.2, 0) is 13.7 Å². The molecule has 0 atom stereocenters. The second kappa shape index (κ2) is 7.81. The lowest BCUT2D eigenvalue weighted by Crippen LogP contribution is -1.98. The number of rotatable bonds is 6. The normalized spacial score (nSPS) is 11.2. The third-order valence-electron chi connectivity index (χ3n) is 3.87. The number of hydrogen-bond donors (Lipinski definition) is 0. The molecule has 0 aliphatic rings. The van der Waals surface area contributed by atoms with Gasteiger partial charge in [-0.15, -0.1) is 0 Å². The fourth-order valence-electron chi connectivity index (χ4n) is 2.29. The SMILES string of the molecule is Cc1c(C(=O)C=Cc2ccc(COc3cccc(Cl)c3Cl)o2)cnn1C. The van der Waals surface area contributed by atoms with Crippen molar-refractivity contribution in [3.8, 4) is 5.75 Å². The van der Waals surface area contributed by atoms with Crippen molar-refractivity contribution < 1.29 is 13.9 Å². The van der Waals surface area contributed by atoms with Crippen LogP contribution in [0.5, 0.6) is 5.75 Å². The number of ether oxygens (including phenoxy) is 1. The Bertz CT molecular complexity index is 973. The maximum absolute atomic E-state index is 12.2. The molecule has 0 saturated heterocycles.